The second-order valence-corrected chi connectivity index (χ2v) is 12.5. The molecule has 4 N–H and O–H groups in total. The van der Waals surface area contributed by atoms with E-state index < -0.39 is 11.8 Å². The van der Waals surface area contributed by atoms with Crippen LogP contribution >= 0.6 is 0 Å². The lowest BCUT2D eigenvalue weighted by atomic mass is 9.92. The molecule has 0 unspecified atom stereocenters. The first-order valence-electron chi connectivity index (χ1n) is 17.5. The maximum atomic E-state index is 12.4. The van der Waals surface area contributed by atoms with Crippen molar-refractivity contribution in [1.82, 2.24) is 19.9 Å². The molecule has 0 atom stereocenters. The molecule has 4 heterocycles. The van der Waals surface area contributed by atoms with E-state index in [2.05, 4.69) is 32.1 Å². The van der Waals surface area contributed by atoms with Gasteiger partial charge in [-0.1, -0.05) is 0 Å². The molecule has 2 amide bonds. The van der Waals surface area contributed by atoms with Crippen LogP contribution in [0, 0.1) is 50.4 Å². The number of hydrogen-bond acceptors (Lipinski definition) is 12. The zero-order valence-electron chi connectivity index (χ0n) is 32.3. The number of hydrogen-bond donors (Lipinski definition) is 2. The average molecular weight is 753 g/mol. The van der Waals surface area contributed by atoms with Gasteiger partial charge in [-0.15, -0.1) is 0 Å². The molecule has 0 saturated carbocycles. The van der Waals surface area contributed by atoms with Crippen molar-refractivity contribution in [2.75, 3.05) is 27.4 Å². The van der Waals surface area contributed by atoms with E-state index in [1.807, 2.05) is 27.7 Å². The van der Waals surface area contributed by atoms with Gasteiger partial charge >= 0.3 is 0 Å². The van der Waals surface area contributed by atoms with Crippen LogP contribution in [0.25, 0.3) is 44.1 Å². The van der Waals surface area contributed by atoms with Crippen LogP contribution in [0.4, 0.5) is 0 Å². The summed E-state index contributed by atoms with van der Waals surface area (Å²) in [4.78, 5) is 42.7. The van der Waals surface area contributed by atoms with Crippen molar-refractivity contribution in [2.24, 2.45) is 11.5 Å². The zero-order chi connectivity index (χ0) is 40.8. The van der Waals surface area contributed by atoms with Crippen LogP contribution < -0.4 is 30.4 Å². The number of aryl methyl sites for hydroxylation is 4. The van der Waals surface area contributed by atoms with Gasteiger partial charge in [0.1, 0.15) is 11.5 Å². The van der Waals surface area contributed by atoms with E-state index in [0.29, 0.717) is 103 Å². The molecule has 0 radical (unpaired) electrons. The Balaban J connectivity index is 0.000000214. The molecule has 0 aliphatic carbocycles. The quantitative estimate of drug-likeness (QED) is 0.151. The van der Waals surface area contributed by atoms with Crippen molar-refractivity contribution in [3.8, 4) is 57.7 Å². The summed E-state index contributed by atoms with van der Waals surface area (Å²) in [6, 6.07) is 14.2. The number of nitrogens with two attached hydrogens (primary N) is 2. The van der Waals surface area contributed by atoms with E-state index in [1.165, 1.54) is 14.2 Å². The van der Waals surface area contributed by atoms with Crippen LogP contribution in [0.1, 0.15) is 68.2 Å². The maximum Gasteiger partial charge on any atom is 0.251 e. The Kier molecular flexibility index (Phi) is 12.0. The first-order chi connectivity index (χ1) is 26.8. The lowest BCUT2D eigenvalue weighted by Gasteiger charge is -2.18. The smallest absolute Gasteiger partial charge is 0.251 e. The normalized spacial score (nSPS) is 10.5. The summed E-state index contributed by atoms with van der Waals surface area (Å²) in [5.41, 5.74) is 19.2. The Bertz CT molecular complexity index is 2450. The molecule has 0 aliphatic heterocycles. The highest BCUT2D eigenvalue weighted by Gasteiger charge is 2.27. The molecule has 4 aromatic heterocycles. The Morgan fingerprint density at radius 1 is 0.661 bits per heavy atom. The number of nitrogens with zero attached hydrogens (tertiary/aromatic N) is 6. The first-order valence-corrected chi connectivity index (χ1v) is 17.5. The van der Waals surface area contributed by atoms with Crippen LogP contribution in [0.3, 0.4) is 0 Å². The van der Waals surface area contributed by atoms with Crippen molar-refractivity contribution in [2.45, 2.75) is 41.5 Å². The highest BCUT2D eigenvalue weighted by atomic mass is 16.5. The first kappa shape index (κ1) is 39.9. The van der Waals surface area contributed by atoms with Gasteiger partial charge in [0.2, 0.25) is 11.8 Å². The minimum Gasteiger partial charge on any atom is -0.496 e. The molecule has 6 rings (SSSR count). The molecule has 6 aromatic rings. The Hall–Kier alpha value is -7.32. The number of benzene rings is 2. The molecular weight excluding hydrogens is 713 g/mol. The number of methoxy groups -OCH3 is 2. The van der Waals surface area contributed by atoms with E-state index in [4.69, 9.17) is 30.4 Å². The van der Waals surface area contributed by atoms with E-state index in [-0.39, 0.29) is 11.1 Å². The van der Waals surface area contributed by atoms with E-state index in [1.54, 1.807) is 62.6 Å². The van der Waals surface area contributed by atoms with Gasteiger partial charge in [0.05, 0.1) is 95.0 Å². The Labute approximate surface area is 323 Å². The van der Waals surface area contributed by atoms with E-state index in [0.717, 1.165) is 11.1 Å². The van der Waals surface area contributed by atoms with Crippen LogP contribution in [0.2, 0.25) is 0 Å². The second-order valence-electron chi connectivity index (χ2n) is 12.5. The van der Waals surface area contributed by atoms with Gasteiger partial charge in [0, 0.05) is 34.6 Å². The summed E-state index contributed by atoms with van der Waals surface area (Å²) in [5.74, 6) is 0.378. The summed E-state index contributed by atoms with van der Waals surface area (Å²) in [7, 11) is 3.01. The molecule has 0 spiro atoms. The van der Waals surface area contributed by atoms with Gasteiger partial charge in [0.25, 0.3) is 11.8 Å². The van der Waals surface area contributed by atoms with Gasteiger partial charge in [-0.25, -0.2) is 9.97 Å². The highest BCUT2D eigenvalue weighted by Crippen LogP contribution is 2.44. The van der Waals surface area contributed by atoms with Crippen molar-refractivity contribution in [1.29, 1.82) is 10.5 Å². The van der Waals surface area contributed by atoms with Crippen LogP contribution in [-0.4, -0.2) is 59.2 Å². The Morgan fingerprint density at radius 2 is 1.04 bits per heavy atom. The van der Waals surface area contributed by atoms with Crippen molar-refractivity contribution >= 4 is 33.6 Å². The van der Waals surface area contributed by atoms with Crippen molar-refractivity contribution < 1.29 is 28.5 Å². The number of ether oxygens (including phenoxy) is 4. The topological polar surface area (TPSA) is 222 Å². The monoisotopic (exact) mass is 752 g/mol. The van der Waals surface area contributed by atoms with Crippen molar-refractivity contribution in [3.05, 3.63) is 93.6 Å². The molecule has 14 nitrogen and oxygen atoms in total. The molecule has 0 bridgehead atoms. The van der Waals surface area contributed by atoms with Gasteiger partial charge in [-0.05, 0) is 89.1 Å². The summed E-state index contributed by atoms with van der Waals surface area (Å²) < 4.78 is 22.5. The highest BCUT2D eigenvalue weighted by molar-refractivity contribution is 6.13. The lowest BCUT2D eigenvalue weighted by molar-refractivity contribution is 0.0991. The summed E-state index contributed by atoms with van der Waals surface area (Å²) >= 11 is 0. The number of aromatic nitrogens is 4. The Morgan fingerprint density at radius 3 is 1.34 bits per heavy atom. The van der Waals surface area contributed by atoms with Crippen LogP contribution in [0.5, 0.6) is 23.3 Å². The number of carbonyl (C=O) groups excluding carboxylic acids is 2. The molecule has 2 aromatic carbocycles. The summed E-state index contributed by atoms with van der Waals surface area (Å²) in [5, 5.41) is 19.6. The average Bonchev–Trinajstić information content (AvgIpc) is 3.18. The van der Waals surface area contributed by atoms with Crippen LogP contribution in [-0.2, 0) is 0 Å². The van der Waals surface area contributed by atoms with Gasteiger partial charge in [-0.2, -0.15) is 10.5 Å². The van der Waals surface area contributed by atoms with Gasteiger partial charge < -0.3 is 30.4 Å². The minimum atomic E-state index is -0.614. The van der Waals surface area contributed by atoms with Crippen molar-refractivity contribution in [3.63, 3.8) is 0 Å². The number of fused-ring (bicyclic) bond motifs is 2. The summed E-state index contributed by atoms with van der Waals surface area (Å²) in [6.07, 6.45) is 3.37. The lowest BCUT2D eigenvalue weighted by Crippen LogP contribution is -2.16. The number of carbonyl (C=O) groups is 2. The second kappa shape index (κ2) is 16.8. The third-order valence-electron chi connectivity index (χ3n) is 8.94. The molecule has 0 fully saturated rings. The van der Waals surface area contributed by atoms with Gasteiger partial charge in [0.15, 0.2) is 0 Å². The number of nitriles is 2. The fourth-order valence-electron chi connectivity index (χ4n) is 6.53. The predicted molar refractivity (Wildman–Crippen MR) is 211 cm³/mol. The number of pyridine rings is 4. The van der Waals surface area contributed by atoms with E-state index >= 15 is 0 Å². The fourth-order valence-corrected chi connectivity index (χ4v) is 6.53. The largest absolute Gasteiger partial charge is 0.496 e. The SMILES string of the molecule is CCOc1ncc(C)c2nc(C)c(C(N)=O)c(-c3ccc(C#N)cc3OC)c12.CCOc1ncc(C)c2nc(C)c(C(N)=O)c(-c3ccc(C#N)cc3OC)c12. The number of amides is 2. The van der Waals surface area contributed by atoms with Gasteiger partial charge in [-0.3, -0.25) is 19.6 Å². The molecule has 56 heavy (non-hydrogen) atoms. The summed E-state index contributed by atoms with van der Waals surface area (Å²) in [6.45, 7) is 11.8. The maximum absolute atomic E-state index is 12.4. The zero-order valence-corrected chi connectivity index (χ0v) is 32.3. The fraction of sp³-hybridized carbons (Fsp3) is 0.238. The number of rotatable bonds is 10. The molecule has 0 saturated heterocycles. The molecule has 0 aliphatic rings. The predicted octanol–water partition coefficient (Wildman–Crippen LogP) is 6.58. The molecule has 14 heteroatoms. The molecule has 284 valence electrons. The third-order valence-corrected chi connectivity index (χ3v) is 8.94. The minimum absolute atomic E-state index is 0.267. The standard InChI is InChI=1S/2C21H20N4O3/c2*1-5-28-21-18-17(14-7-6-13(9-22)8-15(14)27-4)16(20(23)26)12(3)25-19(18)11(2)10-24-21/h2*6-8,10H,5H2,1-4H3,(H2,23,26). The number of primary amides is 2. The molecular formula is C42H40N8O6. The third kappa shape index (κ3) is 7.41. The van der Waals surface area contributed by atoms with Crippen LogP contribution in [0.15, 0.2) is 48.8 Å². The van der Waals surface area contributed by atoms with E-state index in [9.17, 15) is 20.1 Å².